The summed E-state index contributed by atoms with van der Waals surface area (Å²) in [6.45, 7) is 0. The van der Waals surface area contributed by atoms with E-state index < -0.39 is 0 Å². The molecule has 0 N–H and O–H groups in total. The van der Waals surface area contributed by atoms with E-state index in [1.807, 2.05) is 71.7 Å². The number of imidazole rings is 1. The average molecular weight is 1030 g/mol. The Balaban J connectivity index is 0.00000456. The van der Waals surface area contributed by atoms with Gasteiger partial charge in [-0.25, -0.2) is 4.98 Å². The Bertz CT molecular complexity index is 3940. The van der Waals surface area contributed by atoms with E-state index in [9.17, 15) is 0 Å². The second-order valence-electron chi connectivity index (χ2n) is 16.5. The molecule has 0 fully saturated rings. The third-order valence-corrected chi connectivity index (χ3v) is 12.9. The zero-order chi connectivity index (χ0) is 43.2. The largest absolute Gasteiger partial charge is 0.510 e. The molecule has 0 amide bonds. The van der Waals surface area contributed by atoms with Gasteiger partial charge in [0, 0.05) is 97.8 Å². The van der Waals surface area contributed by atoms with E-state index in [2.05, 4.69) is 178 Å². The Hall–Kier alpha value is -7.99. The standard InChI is InChI=1S/C58H38N6O.Pt/c1-60-48-27-11-9-23-45(48)52-53-47-31-30-42(36-50(47)64(51-29-13-14-32-59-51)58(53)57-54(56(52)60)46-24-10-12-28-49(46)61(57)2)65-41-22-15-21-40(35-41)62-33-34-63(37-62)55-43(38-17-5-3-6-18-38)25-16-26-44(55)39-19-7-4-8-20-39;/h3-34H,1-2H3;/q-2;. The van der Waals surface area contributed by atoms with Crippen LogP contribution in [0.3, 0.4) is 0 Å². The van der Waals surface area contributed by atoms with E-state index in [0.29, 0.717) is 11.5 Å². The van der Waals surface area contributed by atoms with Gasteiger partial charge in [0.2, 0.25) is 0 Å². The van der Waals surface area contributed by atoms with Gasteiger partial charge in [0.1, 0.15) is 5.82 Å². The van der Waals surface area contributed by atoms with Crippen molar-refractivity contribution in [2.24, 2.45) is 14.1 Å². The zero-order valence-electron chi connectivity index (χ0n) is 35.9. The first-order chi connectivity index (χ1) is 32.1. The van der Waals surface area contributed by atoms with Crippen LogP contribution in [-0.2, 0) is 35.2 Å². The van der Waals surface area contributed by atoms with E-state index in [0.717, 1.165) is 66.8 Å². The molecule has 0 spiro atoms. The van der Waals surface area contributed by atoms with Crippen molar-refractivity contribution in [3.8, 4) is 50.9 Å². The Morgan fingerprint density at radius 3 is 1.82 bits per heavy atom. The fourth-order valence-corrected chi connectivity index (χ4v) is 10.1. The van der Waals surface area contributed by atoms with Gasteiger partial charge in [-0.3, -0.25) is 4.57 Å². The minimum absolute atomic E-state index is 0. The summed E-state index contributed by atoms with van der Waals surface area (Å²) in [5.74, 6) is 1.94. The molecule has 0 atom stereocenters. The smallest absolute Gasteiger partial charge is 0.267 e. The number of nitrogens with zero attached hydrogens (tertiary/aromatic N) is 6. The van der Waals surface area contributed by atoms with Crippen molar-refractivity contribution in [2.75, 3.05) is 0 Å². The van der Waals surface area contributed by atoms with Gasteiger partial charge < -0.3 is 23.0 Å². The molecule has 0 saturated carbocycles. The maximum Gasteiger partial charge on any atom is 0.267 e. The van der Waals surface area contributed by atoms with E-state index in [1.165, 1.54) is 38.1 Å². The molecule has 0 aliphatic heterocycles. The van der Waals surface area contributed by atoms with Crippen LogP contribution in [0.4, 0.5) is 0 Å². The number of hydrogen-bond acceptors (Lipinski definition) is 2. The molecule has 0 aliphatic rings. The molecule has 8 heteroatoms. The van der Waals surface area contributed by atoms with E-state index in [1.54, 1.807) is 0 Å². The zero-order valence-corrected chi connectivity index (χ0v) is 38.2. The van der Waals surface area contributed by atoms with E-state index >= 15 is 0 Å². The summed E-state index contributed by atoms with van der Waals surface area (Å²) in [5, 5.41) is 7.09. The predicted molar refractivity (Wildman–Crippen MR) is 261 cm³/mol. The fourth-order valence-electron chi connectivity index (χ4n) is 10.1. The van der Waals surface area contributed by atoms with Gasteiger partial charge in [-0.2, -0.15) is 18.2 Å². The number of fused-ring (bicyclic) bond motifs is 12. The number of pyridine rings is 1. The van der Waals surface area contributed by atoms with Crippen LogP contribution >= 0.6 is 0 Å². The van der Waals surface area contributed by atoms with Crippen molar-refractivity contribution in [3.63, 3.8) is 0 Å². The van der Waals surface area contributed by atoms with E-state index in [-0.39, 0.29) is 21.1 Å². The van der Waals surface area contributed by atoms with Gasteiger partial charge >= 0.3 is 0 Å². The van der Waals surface area contributed by atoms with Crippen molar-refractivity contribution in [1.29, 1.82) is 0 Å². The number of benzene rings is 8. The number of ether oxygens (including phenoxy) is 1. The van der Waals surface area contributed by atoms with Crippen LogP contribution < -0.4 is 9.30 Å². The van der Waals surface area contributed by atoms with Gasteiger partial charge in [-0.15, -0.1) is 29.7 Å². The Labute approximate surface area is 394 Å². The maximum absolute atomic E-state index is 6.71. The molecule has 8 aromatic carbocycles. The van der Waals surface area contributed by atoms with Crippen molar-refractivity contribution in [2.45, 2.75) is 0 Å². The van der Waals surface area contributed by atoms with Crippen LogP contribution in [-0.4, -0.2) is 23.3 Å². The molecule has 13 aromatic rings. The fraction of sp³-hybridized carbons (Fsp3) is 0.0345. The number of rotatable bonds is 7. The molecule has 5 aromatic heterocycles. The van der Waals surface area contributed by atoms with Gasteiger partial charge in [-0.05, 0) is 57.6 Å². The molecule has 7 nitrogen and oxygen atoms in total. The van der Waals surface area contributed by atoms with Crippen molar-refractivity contribution in [3.05, 3.63) is 213 Å². The van der Waals surface area contributed by atoms with Gasteiger partial charge in [-0.1, -0.05) is 127 Å². The summed E-state index contributed by atoms with van der Waals surface area (Å²) in [6.07, 6.45) is 9.52. The summed E-state index contributed by atoms with van der Waals surface area (Å²) < 4.78 is 17.7. The molecule has 0 radical (unpaired) electrons. The Kier molecular flexibility index (Phi) is 9.37. The topological polar surface area (TPSA) is 45.7 Å². The van der Waals surface area contributed by atoms with E-state index in [4.69, 9.17) is 9.72 Å². The van der Waals surface area contributed by atoms with Crippen molar-refractivity contribution in [1.82, 2.24) is 23.3 Å². The summed E-state index contributed by atoms with van der Waals surface area (Å²) in [5.41, 5.74) is 13.0. The van der Waals surface area contributed by atoms with Crippen LogP contribution in [0.25, 0.3) is 105 Å². The Morgan fingerprint density at radius 2 is 1.12 bits per heavy atom. The quantitative estimate of drug-likeness (QED) is 0.118. The molecule has 0 unspecified atom stereocenters. The predicted octanol–water partition coefficient (Wildman–Crippen LogP) is 13.1. The first kappa shape index (κ1) is 39.6. The first-order valence-electron chi connectivity index (χ1n) is 21.8. The molecule has 0 aliphatic carbocycles. The molecule has 13 rings (SSSR count). The van der Waals surface area contributed by atoms with Crippen LogP contribution in [0, 0.1) is 18.5 Å². The first-order valence-corrected chi connectivity index (χ1v) is 21.8. The number of hydrogen-bond donors (Lipinski definition) is 0. The van der Waals surface area contributed by atoms with Gasteiger partial charge in [0.05, 0.1) is 22.2 Å². The van der Waals surface area contributed by atoms with Crippen LogP contribution in [0.1, 0.15) is 0 Å². The third-order valence-electron chi connectivity index (χ3n) is 12.9. The Morgan fingerprint density at radius 1 is 0.515 bits per heavy atom. The molecular formula is C58H38N6OPt-2. The molecule has 5 heterocycles. The second-order valence-corrected chi connectivity index (χ2v) is 16.5. The van der Waals surface area contributed by atoms with Crippen molar-refractivity contribution >= 4 is 65.4 Å². The van der Waals surface area contributed by atoms with Crippen LogP contribution in [0.2, 0.25) is 0 Å². The molecule has 0 bridgehead atoms. The molecule has 0 saturated heterocycles. The summed E-state index contributed by atoms with van der Waals surface area (Å²) >= 11 is 0. The molecular weight excluding hydrogens is 992 g/mol. The molecule has 66 heavy (non-hydrogen) atoms. The van der Waals surface area contributed by atoms with Crippen LogP contribution in [0.15, 0.2) is 195 Å². The maximum atomic E-state index is 6.71. The summed E-state index contributed by atoms with van der Waals surface area (Å²) in [6, 6.07) is 68.4. The number of aryl methyl sites for hydroxylation is 2. The third kappa shape index (κ3) is 6.00. The van der Waals surface area contributed by atoms with Gasteiger partial charge in [0.15, 0.2) is 0 Å². The monoisotopic (exact) mass is 1030 g/mol. The molecule has 318 valence electrons. The summed E-state index contributed by atoms with van der Waals surface area (Å²) in [4.78, 5) is 4.96. The normalized spacial score (nSPS) is 11.7. The summed E-state index contributed by atoms with van der Waals surface area (Å²) in [7, 11) is 4.36. The SMILES string of the molecule is Cn1c2ccccc2c2c3c4ccc(Oc5[c-]c(-[n+]6[c-]n(-c7c(-c8ccccc8)cccc7-c7ccccc7)cc6)ccc5)[c-]c4n(-c4ccccn4)c3c3c(c4ccccc4n3C)c21.[Pt]. The minimum Gasteiger partial charge on any atom is -0.510 e. The average Bonchev–Trinajstić information content (AvgIpc) is 4.13. The van der Waals surface area contributed by atoms with Gasteiger partial charge in [0.25, 0.3) is 6.33 Å². The van der Waals surface area contributed by atoms with Crippen LogP contribution in [0.5, 0.6) is 11.5 Å². The van der Waals surface area contributed by atoms with Crippen molar-refractivity contribution < 1.29 is 30.4 Å². The number of aromatic nitrogens is 6. The number of para-hydroxylation sites is 3. The second kappa shape index (κ2) is 15.6. The minimum atomic E-state index is 0.